The Morgan fingerprint density at radius 2 is 2.00 bits per heavy atom. The molecule has 0 fully saturated rings. The van der Waals surface area contributed by atoms with Crippen molar-refractivity contribution < 1.29 is 19.4 Å². The number of amides is 1. The Morgan fingerprint density at radius 3 is 2.50 bits per heavy atom. The van der Waals surface area contributed by atoms with Crippen molar-refractivity contribution in [2.75, 3.05) is 6.61 Å². The van der Waals surface area contributed by atoms with Gasteiger partial charge < -0.3 is 15.2 Å². The minimum Gasteiger partial charge on any atom is -0.482 e. The van der Waals surface area contributed by atoms with Crippen molar-refractivity contribution in [3.8, 4) is 5.75 Å². The highest BCUT2D eigenvalue weighted by atomic mass is 35.5. The normalized spacial score (nSPS) is 10.4. The molecule has 0 spiro atoms. The fourth-order valence-electron chi connectivity index (χ4n) is 1.66. The summed E-state index contributed by atoms with van der Waals surface area (Å²) in [6.45, 7) is 3.84. The zero-order valence-corrected chi connectivity index (χ0v) is 12.2. The third-order valence-electron chi connectivity index (χ3n) is 2.89. The Balaban J connectivity index is 2.57. The van der Waals surface area contributed by atoms with Gasteiger partial charge in [-0.05, 0) is 31.0 Å². The zero-order chi connectivity index (χ0) is 15.1. The first-order valence-corrected chi connectivity index (χ1v) is 6.80. The van der Waals surface area contributed by atoms with Crippen LogP contribution >= 0.6 is 11.6 Å². The molecule has 20 heavy (non-hydrogen) atoms. The van der Waals surface area contributed by atoms with E-state index < -0.39 is 5.97 Å². The molecular formula is C14H18ClNO4. The van der Waals surface area contributed by atoms with Crippen LogP contribution in [0.25, 0.3) is 0 Å². The molecule has 0 radical (unpaired) electrons. The van der Waals surface area contributed by atoms with Crippen LogP contribution in [0.2, 0.25) is 5.02 Å². The number of halogens is 1. The summed E-state index contributed by atoms with van der Waals surface area (Å²) in [4.78, 5) is 22.4. The van der Waals surface area contributed by atoms with Crippen molar-refractivity contribution in [1.82, 2.24) is 5.32 Å². The van der Waals surface area contributed by atoms with E-state index in [0.717, 1.165) is 12.8 Å². The van der Waals surface area contributed by atoms with Crippen molar-refractivity contribution in [2.24, 2.45) is 0 Å². The number of nitrogens with one attached hydrogen (secondary N) is 1. The van der Waals surface area contributed by atoms with E-state index in [1.807, 2.05) is 13.8 Å². The van der Waals surface area contributed by atoms with E-state index >= 15 is 0 Å². The molecule has 0 atom stereocenters. The van der Waals surface area contributed by atoms with Crippen LogP contribution in [0.4, 0.5) is 0 Å². The van der Waals surface area contributed by atoms with Crippen molar-refractivity contribution in [3.63, 3.8) is 0 Å². The summed E-state index contributed by atoms with van der Waals surface area (Å²) in [5.41, 5.74) is 0.0730. The van der Waals surface area contributed by atoms with E-state index in [1.54, 1.807) is 0 Å². The molecule has 0 heterocycles. The second-order valence-corrected chi connectivity index (χ2v) is 4.73. The van der Waals surface area contributed by atoms with Crippen molar-refractivity contribution in [3.05, 3.63) is 28.8 Å². The lowest BCUT2D eigenvalue weighted by molar-refractivity contribution is -0.123. The number of carbonyl (C=O) groups excluding carboxylic acids is 1. The minimum atomic E-state index is -1.06. The predicted octanol–water partition coefficient (Wildman–Crippen LogP) is 2.72. The number of ether oxygens (including phenoxy) is 1. The molecule has 5 nitrogen and oxygen atoms in total. The molecule has 1 aromatic carbocycles. The summed E-state index contributed by atoms with van der Waals surface area (Å²) in [6.07, 6.45) is 1.71. The quantitative estimate of drug-likeness (QED) is 0.811. The van der Waals surface area contributed by atoms with E-state index in [4.69, 9.17) is 21.4 Å². The van der Waals surface area contributed by atoms with Crippen LogP contribution in [-0.2, 0) is 4.79 Å². The van der Waals surface area contributed by atoms with Crippen molar-refractivity contribution >= 4 is 23.5 Å². The van der Waals surface area contributed by atoms with E-state index in [-0.39, 0.29) is 34.9 Å². The van der Waals surface area contributed by atoms with Crippen LogP contribution in [0.1, 0.15) is 37.0 Å². The van der Waals surface area contributed by atoms with Gasteiger partial charge in [0.25, 0.3) is 5.91 Å². The number of aromatic carboxylic acids is 1. The Kier molecular flexibility index (Phi) is 6.31. The Hall–Kier alpha value is -1.75. The fourth-order valence-corrected chi connectivity index (χ4v) is 1.89. The highest BCUT2D eigenvalue weighted by Crippen LogP contribution is 2.25. The smallest absolute Gasteiger partial charge is 0.335 e. The second-order valence-electron chi connectivity index (χ2n) is 4.32. The standard InChI is InChI=1S/C14H18ClNO4/c1-3-10(4-2)16-13(17)8-20-12-6-5-9(14(18)19)7-11(12)15/h5-7,10H,3-4,8H2,1-2H3,(H,16,17)(H,18,19). The molecule has 0 aliphatic rings. The molecule has 1 rings (SSSR count). The van der Waals surface area contributed by atoms with Gasteiger partial charge in [0, 0.05) is 6.04 Å². The molecule has 110 valence electrons. The molecule has 0 saturated heterocycles. The highest BCUT2D eigenvalue weighted by molar-refractivity contribution is 6.32. The van der Waals surface area contributed by atoms with Gasteiger partial charge in [-0.1, -0.05) is 25.4 Å². The molecular weight excluding hydrogens is 282 g/mol. The van der Waals surface area contributed by atoms with Gasteiger partial charge in [-0.3, -0.25) is 4.79 Å². The fraction of sp³-hybridized carbons (Fsp3) is 0.429. The molecule has 0 aromatic heterocycles. The molecule has 0 saturated carbocycles. The van der Waals surface area contributed by atoms with Gasteiger partial charge >= 0.3 is 5.97 Å². The first-order chi connectivity index (χ1) is 9.47. The largest absolute Gasteiger partial charge is 0.482 e. The Labute approximate surface area is 122 Å². The average Bonchev–Trinajstić information content (AvgIpc) is 2.43. The lowest BCUT2D eigenvalue weighted by Gasteiger charge is -2.15. The topological polar surface area (TPSA) is 75.6 Å². The maximum absolute atomic E-state index is 11.7. The number of benzene rings is 1. The molecule has 1 amide bonds. The van der Waals surface area contributed by atoms with Gasteiger partial charge in [0.2, 0.25) is 0 Å². The van der Waals surface area contributed by atoms with Gasteiger partial charge in [-0.15, -0.1) is 0 Å². The second kappa shape index (κ2) is 7.75. The SMILES string of the molecule is CCC(CC)NC(=O)COc1ccc(C(=O)O)cc1Cl. The van der Waals surface area contributed by atoms with E-state index in [0.29, 0.717) is 0 Å². The van der Waals surface area contributed by atoms with Crippen molar-refractivity contribution in [1.29, 1.82) is 0 Å². The monoisotopic (exact) mass is 299 g/mol. The van der Waals surface area contributed by atoms with Gasteiger partial charge in [0.05, 0.1) is 10.6 Å². The maximum Gasteiger partial charge on any atom is 0.335 e. The Morgan fingerprint density at radius 1 is 1.35 bits per heavy atom. The number of carboxylic acids is 1. The summed E-state index contributed by atoms with van der Waals surface area (Å²) in [6, 6.07) is 4.24. The van der Waals surface area contributed by atoms with E-state index in [1.165, 1.54) is 18.2 Å². The lowest BCUT2D eigenvalue weighted by Crippen LogP contribution is -2.37. The predicted molar refractivity (Wildman–Crippen MR) is 76.4 cm³/mol. The van der Waals surface area contributed by atoms with Crippen LogP contribution < -0.4 is 10.1 Å². The number of carboxylic acid groups (broad SMARTS) is 1. The molecule has 0 aliphatic carbocycles. The number of hydrogen-bond donors (Lipinski definition) is 2. The van der Waals surface area contributed by atoms with Crippen molar-refractivity contribution in [2.45, 2.75) is 32.7 Å². The average molecular weight is 300 g/mol. The molecule has 1 aromatic rings. The molecule has 0 unspecified atom stereocenters. The molecule has 0 bridgehead atoms. The molecule has 0 aliphatic heterocycles. The Bertz CT molecular complexity index is 486. The summed E-state index contributed by atoms with van der Waals surface area (Å²) in [5, 5.41) is 11.8. The van der Waals surface area contributed by atoms with Crippen LogP contribution in [0.3, 0.4) is 0 Å². The number of rotatable bonds is 7. The van der Waals surface area contributed by atoms with Crippen LogP contribution in [0.5, 0.6) is 5.75 Å². The van der Waals surface area contributed by atoms with Crippen LogP contribution in [-0.4, -0.2) is 29.6 Å². The first kappa shape index (κ1) is 16.3. The van der Waals surface area contributed by atoms with Gasteiger partial charge in [-0.25, -0.2) is 4.79 Å². The summed E-state index contributed by atoms with van der Waals surface area (Å²) >= 11 is 5.90. The highest BCUT2D eigenvalue weighted by Gasteiger charge is 2.11. The molecule has 6 heteroatoms. The first-order valence-electron chi connectivity index (χ1n) is 6.42. The summed E-state index contributed by atoms with van der Waals surface area (Å²) < 4.78 is 5.29. The molecule has 2 N–H and O–H groups in total. The maximum atomic E-state index is 11.7. The van der Waals surface area contributed by atoms with Crippen LogP contribution in [0.15, 0.2) is 18.2 Å². The van der Waals surface area contributed by atoms with Gasteiger partial charge in [-0.2, -0.15) is 0 Å². The summed E-state index contributed by atoms with van der Waals surface area (Å²) in [5.74, 6) is -1.00. The van der Waals surface area contributed by atoms with Gasteiger partial charge in [0.1, 0.15) is 5.75 Å². The van der Waals surface area contributed by atoms with Gasteiger partial charge in [0.15, 0.2) is 6.61 Å². The summed E-state index contributed by atoms with van der Waals surface area (Å²) in [7, 11) is 0. The number of hydrogen-bond acceptors (Lipinski definition) is 3. The van der Waals surface area contributed by atoms with E-state index in [9.17, 15) is 9.59 Å². The third-order valence-corrected chi connectivity index (χ3v) is 3.18. The van der Waals surface area contributed by atoms with Crippen LogP contribution in [0, 0.1) is 0 Å². The van der Waals surface area contributed by atoms with E-state index in [2.05, 4.69) is 5.32 Å². The number of carbonyl (C=O) groups is 2. The third kappa shape index (κ3) is 4.74. The zero-order valence-electron chi connectivity index (χ0n) is 11.5. The minimum absolute atomic E-state index is 0.0730. The lowest BCUT2D eigenvalue weighted by atomic mass is 10.2.